The Bertz CT molecular complexity index is 880. The summed E-state index contributed by atoms with van der Waals surface area (Å²) < 4.78 is 8.35. The maximum absolute atomic E-state index is 5.25. The number of rotatable bonds is 5. The number of benzene rings is 1. The third-order valence-electron chi connectivity index (χ3n) is 3.13. The van der Waals surface area contributed by atoms with Crippen LogP contribution in [0.25, 0.3) is 0 Å². The van der Waals surface area contributed by atoms with E-state index in [2.05, 4.69) is 31.2 Å². The molecule has 0 unspecified atom stereocenters. The molecule has 8 heteroatoms. The van der Waals surface area contributed by atoms with Crippen LogP contribution in [0, 0.1) is 4.77 Å². The Morgan fingerprint density at radius 1 is 1.35 bits per heavy atom. The van der Waals surface area contributed by atoms with Gasteiger partial charge in [0, 0.05) is 11.3 Å². The van der Waals surface area contributed by atoms with E-state index >= 15 is 0 Å². The number of nitrogens with one attached hydrogen (secondary N) is 1. The number of thiophene rings is 1. The second kappa shape index (κ2) is 7.20. The smallest absolute Gasteiger partial charge is 0.216 e. The molecule has 1 N–H and O–H groups in total. The standard InChI is InChI=1S/C15H13BrN4OS2/c1-21-11-4-2-10(3-5-11)8-14-18-19-15(22)20(14)17-9-12-6-7-13(16)23-12/h2-7,9H,8H2,1H3,(H,19,22)/b17-9-. The largest absolute Gasteiger partial charge is 0.497 e. The fourth-order valence-electron chi connectivity index (χ4n) is 2.00. The second-order valence-electron chi connectivity index (χ2n) is 4.67. The quantitative estimate of drug-likeness (QED) is 0.507. The van der Waals surface area contributed by atoms with Crippen LogP contribution in [-0.2, 0) is 6.42 Å². The van der Waals surface area contributed by atoms with Gasteiger partial charge in [-0.1, -0.05) is 12.1 Å². The molecule has 0 bridgehead atoms. The maximum Gasteiger partial charge on any atom is 0.216 e. The second-order valence-corrected chi connectivity index (χ2v) is 7.55. The van der Waals surface area contributed by atoms with Crippen molar-refractivity contribution in [1.82, 2.24) is 14.9 Å². The zero-order chi connectivity index (χ0) is 16.2. The van der Waals surface area contributed by atoms with Crippen LogP contribution in [0.15, 0.2) is 45.3 Å². The molecular weight excluding hydrogens is 396 g/mol. The number of halogens is 1. The van der Waals surface area contributed by atoms with Gasteiger partial charge in [0.05, 0.1) is 17.1 Å². The summed E-state index contributed by atoms with van der Waals surface area (Å²) in [5.74, 6) is 1.58. The molecule has 0 saturated heterocycles. The summed E-state index contributed by atoms with van der Waals surface area (Å²) in [7, 11) is 1.65. The van der Waals surface area contributed by atoms with Crippen LogP contribution < -0.4 is 4.74 Å². The van der Waals surface area contributed by atoms with Crippen LogP contribution >= 0.6 is 39.5 Å². The van der Waals surface area contributed by atoms with Crippen molar-refractivity contribution in [2.24, 2.45) is 5.10 Å². The lowest BCUT2D eigenvalue weighted by molar-refractivity contribution is 0.414. The van der Waals surface area contributed by atoms with Crippen LogP contribution in [0.1, 0.15) is 16.3 Å². The number of aromatic nitrogens is 3. The van der Waals surface area contributed by atoms with Crippen LogP contribution in [0.5, 0.6) is 5.75 Å². The monoisotopic (exact) mass is 408 g/mol. The molecule has 2 heterocycles. The molecule has 5 nitrogen and oxygen atoms in total. The minimum atomic E-state index is 0.473. The first-order valence-electron chi connectivity index (χ1n) is 6.74. The summed E-state index contributed by atoms with van der Waals surface area (Å²) in [5, 5.41) is 11.5. The van der Waals surface area contributed by atoms with E-state index in [1.54, 1.807) is 29.3 Å². The van der Waals surface area contributed by atoms with E-state index in [0.717, 1.165) is 25.8 Å². The van der Waals surface area contributed by atoms with Crippen molar-refractivity contribution in [2.45, 2.75) is 6.42 Å². The first kappa shape index (κ1) is 16.1. The number of aromatic amines is 1. The Labute approximate surface area is 150 Å². The number of methoxy groups -OCH3 is 1. The lowest BCUT2D eigenvalue weighted by atomic mass is 10.1. The van der Waals surface area contributed by atoms with E-state index in [-0.39, 0.29) is 0 Å². The summed E-state index contributed by atoms with van der Waals surface area (Å²) in [4.78, 5) is 1.04. The number of hydrogen-bond donors (Lipinski definition) is 1. The van der Waals surface area contributed by atoms with E-state index in [0.29, 0.717) is 11.2 Å². The summed E-state index contributed by atoms with van der Waals surface area (Å²) in [5.41, 5.74) is 1.11. The molecule has 0 aliphatic heterocycles. The average molecular weight is 409 g/mol. The predicted molar refractivity (Wildman–Crippen MR) is 98.2 cm³/mol. The van der Waals surface area contributed by atoms with E-state index in [1.165, 1.54) is 0 Å². The normalized spacial score (nSPS) is 11.2. The number of H-pyrrole nitrogens is 1. The first-order chi connectivity index (χ1) is 11.2. The van der Waals surface area contributed by atoms with E-state index in [1.807, 2.05) is 36.4 Å². The van der Waals surface area contributed by atoms with E-state index in [9.17, 15) is 0 Å². The van der Waals surface area contributed by atoms with Gasteiger partial charge in [0.2, 0.25) is 4.77 Å². The Hall–Kier alpha value is -1.77. The van der Waals surface area contributed by atoms with Crippen LogP contribution in [0.2, 0.25) is 0 Å². The van der Waals surface area contributed by atoms with Crippen molar-refractivity contribution in [1.29, 1.82) is 0 Å². The lowest BCUT2D eigenvalue weighted by Crippen LogP contribution is -2.00. The van der Waals surface area contributed by atoms with Gasteiger partial charge in [0.25, 0.3) is 0 Å². The van der Waals surface area contributed by atoms with Crippen molar-refractivity contribution >= 4 is 45.7 Å². The highest BCUT2D eigenvalue weighted by Crippen LogP contribution is 2.20. The molecule has 1 aromatic carbocycles. The molecule has 0 aliphatic carbocycles. The van der Waals surface area contributed by atoms with Gasteiger partial charge in [-0.2, -0.15) is 14.9 Å². The number of hydrogen-bond acceptors (Lipinski definition) is 5. The minimum Gasteiger partial charge on any atom is -0.497 e. The van der Waals surface area contributed by atoms with Crippen LogP contribution in [-0.4, -0.2) is 28.2 Å². The van der Waals surface area contributed by atoms with Gasteiger partial charge in [-0.05, 0) is 58.0 Å². The van der Waals surface area contributed by atoms with Gasteiger partial charge in [0.15, 0.2) is 5.82 Å². The maximum atomic E-state index is 5.25. The summed E-state index contributed by atoms with van der Waals surface area (Å²) in [6, 6.07) is 11.8. The molecule has 0 atom stereocenters. The third-order valence-corrected chi connectivity index (χ3v) is 4.96. The molecule has 0 spiro atoms. The predicted octanol–water partition coefficient (Wildman–Crippen LogP) is 4.25. The lowest BCUT2D eigenvalue weighted by Gasteiger charge is -2.03. The molecule has 3 rings (SSSR count). The molecule has 118 valence electrons. The SMILES string of the molecule is COc1ccc(Cc2n[nH]c(=S)n2/N=C\c2ccc(Br)s2)cc1. The van der Waals surface area contributed by atoms with Gasteiger partial charge >= 0.3 is 0 Å². The van der Waals surface area contributed by atoms with Gasteiger partial charge < -0.3 is 4.74 Å². The molecule has 2 aromatic heterocycles. The molecule has 0 saturated carbocycles. The van der Waals surface area contributed by atoms with Gasteiger partial charge in [-0.25, -0.2) is 0 Å². The molecule has 0 fully saturated rings. The van der Waals surface area contributed by atoms with E-state index < -0.39 is 0 Å². The van der Waals surface area contributed by atoms with Crippen LogP contribution in [0.4, 0.5) is 0 Å². The zero-order valence-electron chi connectivity index (χ0n) is 12.2. The average Bonchev–Trinajstić information content (AvgIpc) is 3.12. The Morgan fingerprint density at radius 3 is 2.78 bits per heavy atom. The topological polar surface area (TPSA) is 55.2 Å². The Morgan fingerprint density at radius 2 is 2.13 bits per heavy atom. The van der Waals surface area contributed by atoms with Crippen molar-refractivity contribution in [3.05, 3.63) is 61.2 Å². The number of nitrogens with zero attached hydrogens (tertiary/aromatic N) is 3. The van der Waals surface area contributed by atoms with Gasteiger partial charge in [-0.3, -0.25) is 5.10 Å². The fourth-order valence-corrected chi connectivity index (χ4v) is 3.48. The van der Waals surface area contributed by atoms with E-state index in [4.69, 9.17) is 17.0 Å². The molecule has 3 aromatic rings. The molecule has 23 heavy (non-hydrogen) atoms. The zero-order valence-corrected chi connectivity index (χ0v) is 15.4. The fraction of sp³-hybridized carbons (Fsp3) is 0.133. The molecule has 0 aliphatic rings. The highest BCUT2D eigenvalue weighted by Gasteiger charge is 2.07. The third kappa shape index (κ3) is 3.95. The Kier molecular flexibility index (Phi) is 5.04. The highest BCUT2D eigenvalue weighted by molar-refractivity contribution is 9.11. The minimum absolute atomic E-state index is 0.473. The van der Waals surface area contributed by atoms with Crippen molar-refractivity contribution in [2.75, 3.05) is 7.11 Å². The van der Waals surface area contributed by atoms with Crippen molar-refractivity contribution in [3.63, 3.8) is 0 Å². The molecule has 0 amide bonds. The van der Waals surface area contributed by atoms with Crippen molar-refractivity contribution in [3.8, 4) is 5.75 Å². The van der Waals surface area contributed by atoms with Crippen LogP contribution in [0.3, 0.4) is 0 Å². The summed E-state index contributed by atoms with van der Waals surface area (Å²) in [6.45, 7) is 0. The van der Waals surface area contributed by atoms with Gasteiger partial charge in [-0.15, -0.1) is 11.3 Å². The highest BCUT2D eigenvalue weighted by atomic mass is 79.9. The van der Waals surface area contributed by atoms with Crippen molar-refractivity contribution < 1.29 is 4.74 Å². The van der Waals surface area contributed by atoms with Gasteiger partial charge in [0.1, 0.15) is 5.75 Å². The molecule has 0 radical (unpaired) electrons. The first-order valence-corrected chi connectivity index (χ1v) is 8.76. The summed E-state index contributed by atoms with van der Waals surface area (Å²) >= 11 is 10.3. The summed E-state index contributed by atoms with van der Waals surface area (Å²) in [6.07, 6.45) is 2.40. The number of ether oxygens (including phenoxy) is 1. The Balaban J connectivity index is 1.83. The molecular formula is C15H13BrN4OS2.